The maximum atomic E-state index is 13.0. The Balaban J connectivity index is 1.40. The molecular weight excluding hydrogens is 442 g/mol. The van der Waals surface area contributed by atoms with Gasteiger partial charge in [-0.1, -0.05) is 17.4 Å². The number of rotatable bonds is 9. The average molecular weight is 472 g/mol. The van der Waals surface area contributed by atoms with Crippen molar-refractivity contribution in [2.45, 2.75) is 46.1 Å². The van der Waals surface area contributed by atoms with Crippen LogP contribution in [0, 0.1) is 6.92 Å². The maximum absolute atomic E-state index is 13.0. The molecule has 1 fully saturated rings. The van der Waals surface area contributed by atoms with E-state index >= 15 is 0 Å². The van der Waals surface area contributed by atoms with E-state index in [1.165, 1.54) is 21.9 Å². The van der Waals surface area contributed by atoms with Crippen molar-refractivity contribution in [1.29, 1.82) is 0 Å². The molecule has 1 amide bonds. The van der Waals surface area contributed by atoms with Crippen molar-refractivity contribution in [3.8, 4) is 11.5 Å². The molecule has 0 bridgehead atoms. The van der Waals surface area contributed by atoms with Gasteiger partial charge < -0.3 is 19.7 Å². The molecule has 1 aromatic carbocycles. The van der Waals surface area contributed by atoms with Crippen LogP contribution in [0.25, 0.3) is 4.96 Å². The van der Waals surface area contributed by atoms with Gasteiger partial charge >= 0.3 is 0 Å². The maximum Gasteiger partial charge on any atom is 0.275 e. The molecule has 1 unspecified atom stereocenters. The summed E-state index contributed by atoms with van der Waals surface area (Å²) in [5, 5.41) is 8.13. The molecule has 2 aromatic heterocycles. The van der Waals surface area contributed by atoms with Crippen molar-refractivity contribution >= 4 is 27.3 Å². The lowest BCUT2D eigenvalue weighted by molar-refractivity contribution is -0.122. The van der Waals surface area contributed by atoms with Crippen LogP contribution in [-0.4, -0.2) is 52.9 Å². The molecule has 4 rings (SSSR count). The van der Waals surface area contributed by atoms with Crippen molar-refractivity contribution in [2.24, 2.45) is 0 Å². The minimum absolute atomic E-state index is 0.0285. The van der Waals surface area contributed by atoms with Crippen LogP contribution in [0.1, 0.15) is 37.9 Å². The number of fused-ring (bicyclic) bond motifs is 1. The lowest BCUT2D eigenvalue weighted by Crippen LogP contribution is -2.44. The number of anilines is 1. The number of hydrogen-bond donors (Lipinski definition) is 1. The lowest BCUT2D eigenvalue weighted by atomic mass is 10.1. The monoisotopic (exact) mass is 471 g/mol. The van der Waals surface area contributed by atoms with E-state index < -0.39 is 0 Å². The Kier molecular flexibility index (Phi) is 7.12. The predicted molar refractivity (Wildman–Crippen MR) is 128 cm³/mol. The van der Waals surface area contributed by atoms with Crippen molar-refractivity contribution in [3.05, 3.63) is 45.9 Å². The summed E-state index contributed by atoms with van der Waals surface area (Å²) in [6.45, 7) is 8.04. The summed E-state index contributed by atoms with van der Waals surface area (Å²) in [6.07, 6.45) is 2.33. The molecule has 33 heavy (non-hydrogen) atoms. The summed E-state index contributed by atoms with van der Waals surface area (Å²) in [5.74, 6) is 1.42. The second-order valence-corrected chi connectivity index (χ2v) is 8.79. The summed E-state index contributed by atoms with van der Waals surface area (Å²) < 4.78 is 12.6. The summed E-state index contributed by atoms with van der Waals surface area (Å²) in [7, 11) is 0. The van der Waals surface area contributed by atoms with Crippen LogP contribution < -0.4 is 25.2 Å². The first-order chi connectivity index (χ1) is 16.0. The number of nitrogens with one attached hydrogen (secondary N) is 1. The number of aromatic nitrogens is 3. The Bertz CT molecular complexity index is 1190. The van der Waals surface area contributed by atoms with Gasteiger partial charge in [0.1, 0.15) is 6.04 Å². The largest absolute Gasteiger partial charge is 0.490 e. The molecule has 0 radical (unpaired) electrons. The van der Waals surface area contributed by atoms with Gasteiger partial charge in [-0.2, -0.15) is 4.52 Å². The number of hydrogen-bond acceptors (Lipinski definition) is 8. The molecule has 9 nitrogen and oxygen atoms in total. The Morgan fingerprint density at radius 3 is 2.79 bits per heavy atom. The lowest BCUT2D eigenvalue weighted by Gasteiger charge is -2.22. The van der Waals surface area contributed by atoms with Crippen LogP contribution >= 0.6 is 11.3 Å². The predicted octanol–water partition coefficient (Wildman–Crippen LogP) is 2.58. The van der Waals surface area contributed by atoms with E-state index in [2.05, 4.69) is 15.4 Å². The van der Waals surface area contributed by atoms with Gasteiger partial charge in [0.2, 0.25) is 16.0 Å². The molecule has 3 heterocycles. The van der Waals surface area contributed by atoms with Crippen molar-refractivity contribution in [2.75, 3.05) is 31.2 Å². The molecule has 10 heteroatoms. The molecule has 0 aliphatic carbocycles. The van der Waals surface area contributed by atoms with Gasteiger partial charge in [0.25, 0.3) is 5.56 Å². The molecule has 1 atom stereocenters. The van der Waals surface area contributed by atoms with Gasteiger partial charge in [0.15, 0.2) is 11.5 Å². The average Bonchev–Trinajstić information content (AvgIpc) is 3.43. The van der Waals surface area contributed by atoms with E-state index in [4.69, 9.17) is 9.47 Å². The molecule has 1 saturated heterocycles. The molecule has 176 valence electrons. The normalized spacial score (nSPS) is 15.7. The van der Waals surface area contributed by atoms with E-state index in [9.17, 15) is 9.59 Å². The number of carbonyl (C=O) groups is 1. The highest BCUT2D eigenvalue weighted by Gasteiger charge is 2.33. The first-order valence-corrected chi connectivity index (χ1v) is 12.1. The molecule has 0 saturated carbocycles. The third kappa shape index (κ3) is 5.11. The summed E-state index contributed by atoms with van der Waals surface area (Å²) in [5.41, 5.74) is 1.52. The summed E-state index contributed by atoms with van der Waals surface area (Å²) in [4.78, 5) is 32.1. The van der Waals surface area contributed by atoms with Crippen LogP contribution in [0.2, 0.25) is 0 Å². The zero-order valence-electron chi connectivity index (χ0n) is 19.2. The highest BCUT2D eigenvalue weighted by molar-refractivity contribution is 7.20. The fourth-order valence-electron chi connectivity index (χ4n) is 3.99. The Morgan fingerprint density at radius 2 is 2.00 bits per heavy atom. The number of ether oxygens (including phenoxy) is 2. The smallest absolute Gasteiger partial charge is 0.275 e. The van der Waals surface area contributed by atoms with E-state index in [1.54, 1.807) is 6.92 Å². The topological polar surface area (TPSA) is 98.1 Å². The fraction of sp³-hybridized carbons (Fsp3) is 0.478. The highest BCUT2D eigenvalue weighted by Crippen LogP contribution is 2.30. The zero-order chi connectivity index (χ0) is 23.4. The number of nitrogens with zero attached hydrogens (tertiary/aromatic N) is 4. The zero-order valence-corrected chi connectivity index (χ0v) is 20.0. The van der Waals surface area contributed by atoms with Gasteiger partial charge in [-0.3, -0.25) is 9.59 Å². The van der Waals surface area contributed by atoms with Crippen LogP contribution in [0.15, 0.2) is 29.1 Å². The van der Waals surface area contributed by atoms with Gasteiger partial charge in [0.05, 0.1) is 13.2 Å². The van der Waals surface area contributed by atoms with Gasteiger partial charge in [-0.15, -0.1) is 5.10 Å². The third-order valence-electron chi connectivity index (χ3n) is 5.48. The van der Waals surface area contributed by atoms with E-state index in [1.807, 2.05) is 36.9 Å². The summed E-state index contributed by atoms with van der Waals surface area (Å²) >= 11 is 1.34. The molecule has 1 aliphatic heterocycles. The fourth-order valence-corrected chi connectivity index (χ4v) is 5.02. The van der Waals surface area contributed by atoms with E-state index in [0.717, 1.165) is 36.4 Å². The Labute approximate surface area is 196 Å². The highest BCUT2D eigenvalue weighted by atomic mass is 32.1. The third-order valence-corrected chi connectivity index (χ3v) is 6.43. The van der Waals surface area contributed by atoms with Gasteiger partial charge in [-0.25, -0.2) is 4.98 Å². The molecular formula is C23H29N5O4S. The first-order valence-electron chi connectivity index (χ1n) is 11.3. The van der Waals surface area contributed by atoms with Gasteiger partial charge in [-0.05, 0) is 57.7 Å². The standard InChI is InChI=1S/C23H29N5O4S/c1-4-31-18-9-8-16(14-19(18)32-5-2)10-11-24-21(30)17-7-6-12-27(17)23-26-28-20(29)13-15(3)25-22(28)33-23/h8-9,13-14,17H,4-7,10-12H2,1-3H3,(H,24,30). The molecule has 3 aromatic rings. The SMILES string of the molecule is CCOc1ccc(CCNC(=O)C2CCCN2c2nn3c(=O)cc(C)nc3s2)cc1OCC. The number of amides is 1. The molecule has 1 aliphatic rings. The van der Waals surface area contributed by atoms with Crippen LogP contribution in [0.4, 0.5) is 5.13 Å². The van der Waals surface area contributed by atoms with Crippen molar-refractivity contribution in [3.63, 3.8) is 0 Å². The summed E-state index contributed by atoms with van der Waals surface area (Å²) in [6, 6.07) is 7.03. The van der Waals surface area contributed by atoms with Crippen LogP contribution in [0.5, 0.6) is 11.5 Å². The van der Waals surface area contributed by atoms with Gasteiger partial charge in [0, 0.05) is 24.8 Å². The Morgan fingerprint density at radius 1 is 1.21 bits per heavy atom. The number of aryl methyl sites for hydroxylation is 1. The van der Waals surface area contributed by atoms with Crippen molar-refractivity contribution < 1.29 is 14.3 Å². The Hall–Kier alpha value is -3.14. The second kappa shape index (κ2) is 10.2. The number of carbonyl (C=O) groups excluding carboxylic acids is 1. The molecule has 1 N–H and O–H groups in total. The quantitative estimate of drug-likeness (QED) is 0.512. The minimum Gasteiger partial charge on any atom is -0.490 e. The second-order valence-electron chi connectivity index (χ2n) is 7.85. The molecule has 0 spiro atoms. The minimum atomic E-state index is -0.304. The van der Waals surface area contributed by atoms with Crippen LogP contribution in [-0.2, 0) is 11.2 Å². The van der Waals surface area contributed by atoms with E-state index in [0.29, 0.717) is 42.0 Å². The van der Waals surface area contributed by atoms with Crippen molar-refractivity contribution in [1.82, 2.24) is 19.9 Å². The van der Waals surface area contributed by atoms with E-state index in [-0.39, 0.29) is 17.5 Å². The first kappa shape index (κ1) is 23.0. The number of benzene rings is 1. The van der Waals surface area contributed by atoms with Crippen LogP contribution in [0.3, 0.4) is 0 Å².